The van der Waals surface area contributed by atoms with E-state index in [4.69, 9.17) is 27.6 Å². The van der Waals surface area contributed by atoms with Gasteiger partial charge >= 0.3 is 0 Å². The summed E-state index contributed by atoms with van der Waals surface area (Å²) in [5, 5.41) is 1.28. The summed E-state index contributed by atoms with van der Waals surface area (Å²) in [6.45, 7) is 0. The van der Waals surface area contributed by atoms with Gasteiger partial charge in [-0.1, -0.05) is 35.0 Å². The molecule has 0 aliphatic rings. The van der Waals surface area contributed by atoms with E-state index >= 15 is 0 Å². The van der Waals surface area contributed by atoms with Gasteiger partial charge in [-0.2, -0.15) is 0 Å². The number of ketones is 1. The molecule has 0 saturated carbocycles. The average Bonchev–Trinajstić information content (AvgIpc) is 2.82. The lowest BCUT2D eigenvalue weighted by Crippen LogP contribution is -2.02. The third-order valence-electron chi connectivity index (χ3n) is 1.98. The van der Waals surface area contributed by atoms with Gasteiger partial charge < -0.3 is 4.42 Å². The highest BCUT2D eigenvalue weighted by Crippen LogP contribution is 2.24. The van der Waals surface area contributed by atoms with Crippen LogP contribution in [0.5, 0.6) is 0 Å². The maximum absolute atomic E-state index is 11.8. The quantitative estimate of drug-likeness (QED) is 0.631. The van der Waals surface area contributed by atoms with E-state index in [0.717, 1.165) is 0 Å². The number of carbonyl (C=O) groups excluding carboxylic acids is 1. The number of benzene rings is 1. The van der Waals surface area contributed by atoms with Crippen LogP contribution < -0.4 is 0 Å². The number of aromatic nitrogens is 1. The number of thioether (sulfide) groups is 1. The summed E-state index contributed by atoms with van der Waals surface area (Å²) >= 11 is 12.8. The van der Waals surface area contributed by atoms with E-state index in [2.05, 4.69) is 4.98 Å². The first kappa shape index (κ1) is 12.5. The van der Waals surface area contributed by atoms with Crippen molar-refractivity contribution in [3.63, 3.8) is 0 Å². The first-order chi connectivity index (χ1) is 8.16. The van der Waals surface area contributed by atoms with Crippen LogP contribution in [0.25, 0.3) is 0 Å². The SMILES string of the molecule is O=C(CSc1ncco1)c1ccc(Cl)c(Cl)c1. The minimum absolute atomic E-state index is 0.0493. The molecule has 88 valence electrons. The van der Waals surface area contributed by atoms with Gasteiger partial charge in [-0.3, -0.25) is 4.79 Å². The number of oxazole rings is 1. The topological polar surface area (TPSA) is 43.1 Å². The molecule has 1 aromatic carbocycles. The number of nitrogens with zero attached hydrogens (tertiary/aromatic N) is 1. The number of carbonyl (C=O) groups is 1. The summed E-state index contributed by atoms with van der Waals surface area (Å²) < 4.78 is 5.02. The molecule has 0 aliphatic carbocycles. The molecule has 1 heterocycles. The Bertz CT molecular complexity index is 528. The second-order valence-electron chi connectivity index (χ2n) is 3.14. The van der Waals surface area contributed by atoms with E-state index in [1.54, 1.807) is 18.2 Å². The van der Waals surface area contributed by atoms with Crippen molar-refractivity contribution in [2.24, 2.45) is 0 Å². The van der Waals surface area contributed by atoms with Crippen molar-refractivity contribution >= 4 is 40.7 Å². The van der Waals surface area contributed by atoms with Gasteiger partial charge in [-0.25, -0.2) is 4.98 Å². The lowest BCUT2D eigenvalue weighted by molar-refractivity contribution is 0.102. The molecule has 0 spiro atoms. The van der Waals surface area contributed by atoms with Gasteiger partial charge in [0.05, 0.1) is 22.0 Å². The number of halogens is 2. The van der Waals surface area contributed by atoms with Crippen molar-refractivity contribution in [3.05, 3.63) is 46.3 Å². The molecule has 0 radical (unpaired) electrons. The van der Waals surface area contributed by atoms with Crippen LogP contribution in [0.4, 0.5) is 0 Å². The molecule has 0 bridgehead atoms. The smallest absolute Gasteiger partial charge is 0.255 e. The Kier molecular flexibility index (Phi) is 4.10. The molecule has 0 aliphatic heterocycles. The molecule has 3 nitrogen and oxygen atoms in total. The molecule has 2 rings (SSSR count). The third kappa shape index (κ3) is 3.25. The monoisotopic (exact) mass is 287 g/mol. The van der Waals surface area contributed by atoms with Crippen LogP contribution in [0.15, 0.2) is 40.3 Å². The van der Waals surface area contributed by atoms with Gasteiger partial charge in [0.2, 0.25) is 0 Å². The summed E-state index contributed by atoms with van der Waals surface area (Å²) in [6.07, 6.45) is 3.00. The molecule has 0 amide bonds. The molecular formula is C11H7Cl2NO2S. The fraction of sp³-hybridized carbons (Fsp3) is 0.0909. The molecule has 6 heteroatoms. The molecular weight excluding hydrogens is 281 g/mol. The number of hydrogen-bond donors (Lipinski definition) is 0. The highest BCUT2D eigenvalue weighted by atomic mass is 35.5. The first-order valence-corrected chi connectivity index (χ1v) is 6.41. The normalized spacial score (nSPS) is 10.5. The van der Waals surface area contributed by atoms with Crippen molar-refractivity contribution in [1.82, 2.24) is 4.98 Å². The zero-order chi connectivity index (χ0) is 12.3. The van der Waals surface area contributed by atoms with Crippen LogP contribution in [-0.4, -0.2) is 16.5 Å². The first-order valence-electron chi connectivity index (χ1n) is 4.67. The molecule has 2 aromatic rings. The Morgan fingerprint density at radius 1 is 1.35 bits per heavy atom. The van der Waals surface area contributed by atoms with Gasteiger partial charge in [-0.15, -0.1) is 0 Å². The maximum Gasteiger partial charge on any atom is 0.255 e. The highest BCUT2D eigenvalue weighted by Gasteiger charge is 2.10. The lowest BCUT2D eigenvalue weighted by Gasteiger charge is -2.01. The van der Waals surface area contributed by atoms with Crippen molar-refractivity contribution in [3.8, 4) is 0 Å². The Morgan fingerprint density at radius 3 is 2.82 bits per heavy atom. The fourth-order valence-corrected chi connectivity index (χ4v) is 2.14. The largest absolute Gasteiger partial charge is 0.440 e. The van der Waals surface area contributed by atoms with E-state index < -0.39 is 0 Å². The van der Waals surface area contributed by atoms with Gasteiger partial charge in [-0.05, 0) is 18.2 Å². The molecule has 1 aromatic heterocycles. The van der Waals surface area contributed by atoms with Crippen LogP contribution in [0.3, 0.4) is 0 Å². The van der Waals surface area contributed by atoms with Crippen molar-refractivity contribution in [2.75, 3.05) is 5.75 Å². The van der Waals surface area contributed by atoms with Crippen molar-refractivity contribution in [2.45, 2.75) is 5.22 Å². The maximum atomic E-state index is 11.8. The summed E-state index contributed by atoms with van der Waals surface area (Å²) in [4.78, 5) is 15.7. The molecule has 0 saturated heterocycles. The number of rotatable bonds is 4. The summed E-state index contributed by atoms with van der Waals surface area (Å²) in [6, 6.07) is 4.81. The van der Waals surface area contributed by atoms with Crippen LogP contribution >= 0.6 is 35.0 Å². The lowest BCUT2D eigenvalue weighted by atomic mass is 10.1. The summed E-state index contributed by atoms with van der Waals surface area (Å²) in [7, 11) is 0. The standard InChI is InChI=1S/C11H7Cl2NO2S/c12-8-2-1-7(5-9(8)13)10(15)6-17-11-14-3-4-16-11/h1-5H,6H2. The van der Waals surface area contributed by atoms with E-state index in [1.165, 1.54) is 24.2 Å². The van der Waals surface area contributed by atoms with Gasteiger partial charge in [0.15, 0.2) is 5.78 Å². The van der Waals surface area contributed by atoms with E-state index in [1.807, 2.05) is 0 Å². The average molecular weight is 288 g/mol. The zero-order valence-corrected chi connectivity index (χ0v) is 10.9. The molecule has 0 atom stereocenters. The molecule has 0 N–H and O–H groups in total. The Morgan fingerprint density at radius 2 is 2.18 bits per heavy atom. The van der Waals surface area contributed by atoms with E-state index in [-0.39, 0.29) is 11.5 Å². The summed E-state index contributed by atoms with van der Waals surface area (Å²) in [5.41, 5.74) is 0.526. The minimum Gasteiger partial charge on any atom is -0.440 e. The Balaban J connectivity index is 2.02. The van der Waals surface area contributed by atoms with Crippen molar-refractivity contribution < 1.29 is 9.21 Å². The fourth-order valence-electron chi connectivity index (χ4n) is 1.16. The Hall–Kier alpha value is -0.970. The predicted octanol–water partition coefficient (Wildman–Crippen LogP) is 3.96. The molecule has 17 heavy (non-hydrogen) atoms. The predicted molar refractivity (Wildman–Crippen MR) is 68.0 cm³/mol. The van der Waals surface area contributed by atoms with E-state index in [9.17, 15) is 4.79 Å². The number of Topliss-reactive ketones (excluding diaryl/α,β-unsaturated/α-hetero) is 1. The van der Waals surface area contributed by atoms with Crippen molar-refractivity contribution in [1.29, 1.82) is 0 Å². The van der Waals surface area contributed by atoms with Crippen LogP contribution in [0, 0.1) is 0 Å². The van der Waals surface area contributed by atoms with Gasteiger partial charge in [0.1, 0.15) is 6.26 Å². The van der Waals surface area contributed by atoms with Gasteiger partial charge in [0, 0.05) is 5.56 Å². The second kappa shape index (κ2) is 5.58. The minimum atomic E-state index is -0.0493. The van der Waals surface area contributed by atoms with Crippen LogP contribution in [-0.2, 0) is 0 Å². The number of hydrogen-bond acceptors (Lipinski definition) is 4. The van der Waals surface area contributed by atoms with Crippen LogP contribution in [0.1, 0.15) is 10.4 Å². The van der Waals surface area contributed by atoms with Gasteiger partial charge in [0.25, 0.3) is 5.22 Å². The molecule has 0 fully saturated rings. The highest BCUT2D eigenvalue weighted by molar-refractivity contribution is 7.99. The molecule has 0 unspecified atom stereocenters. The Labute approximate surface area is 112 Å². The zero-order valence-electron chi connectivity index (χ0n) is 8.52. The third-order valence-corrected chi connectivity index (χ3v) is 3.57. The summed E-state index contributed by atoms with van der Waals surface area (Å²) in [5.74, 6) is 0.199. The van der Waals surface area contributed by atoms with Crippen LogP contribution in [0.2, 0.25) is 10.0 Å². The second-order valence-corrected chi connectivity index (χ2v) is 4.88. The van der Waals surface area contributed by atoms with E-state index in [0.29, 0.717) is 20.8 Å².